The molecule has 0 unspecified atom stereocenters. The predicted octanol–water partition coefficient (Wildman–Crippen LogP) is 2.45. The van der Waals surface area contributed by atoms with Crippen molar-refractivity contribution in [3.8, 4) is 11.3 Å². The third-order valence-electron chi connectivity index (χ3n) is 2.29. The Hall–Kier alpha value is -1.82. The second-order valence-electron chi connectivity index (χ2n) is 3.66. The average molecular weight is 266 g/mol. The standard InChI is InChI=1S/C12H11FN2O2S/c1-7(11(14)16)18-12-15-6-10(17-12)8-2-4-9(13)5-3-8/h2-7H,1H3,(H2,14,16)/t7-/m1/s1. The number of primary amides is 1. The molecule has 2 rings (SSSR count). The van der Waals surface area contributed by atoms with Crippen molar-refractivity contribution in [2.45, 2.75) is 17.4 Å². The molecule has 1 atom stereocenters. The Morgan fingerprint density at radius 3 is 2.72 bits per heavy atom. The van der Waals surface area contributed by atoms with Gasteiger partial charge in [-0.15, -0.1) is 0 Å². The van der Waals surface area contributed by atoms with Gasteiger partial charge in [-0.05, 0) is 31.2 Å². The molecule has 4 nitrogen and oxygen atoms in total. The number of halogens is 1. The highest BCUT2D eigenvalue weighted by Crippen LogP contribution is 2.27. The summed E-state index contributed by atoms with van der Waals surface area (Å²) in [6.07, 6.45) is 1.53. The number of hydrogen-bond donors (Lipinski definition) is 1. The van der Waals surface area contributed by atoms with Crippen molar-refractivity contribution in [3.05, 3.63) is 36.3 Å². The molecule has 0 radical (unpaired) electrons. The number of thioether (sulfide) groups is 1. The summed E-state index contributed by atoms with van der Waals surface area (Å²) in [5.74, 6) is -0.217. The van der Waals surface area contributed by atoms with Gasteiger partial charge in [0, 0.05) is 5.56 Å². The minimum absolute atomic E-state index is 0.310. The van der Waals surface area contributed by atoms with Crippen LogP contribution in [0.3, 0.4) is 0 Å². The van der Waals surface area contributed by atoms with E-state index in [1.54, 1.807) is 19.1 Å². The van der Waals surface area contributed by atoms with E-state index in [4.69, 9.17) is 10.2 Å². The Labute approximate surface area is 107 Å². The second kappa shape index (κ2) is 5.22. The van der Waals surface area contributed by atoms with E-state index in [2.05, 4.69) is 4.98 Å². The van der Waals surface area contributed by atoms with Gasteiger partial charge in [0.15, 0.2) is 5.76 Å². The second-order valence-corrected chi connectivity index (χ2v) is 4.95. The van der Waals surface area contributed by atoms with Crippen LogP contribution in [-0.2, 0) is 4.79 Å². The summed E-state index contributed by atoms with van der Waals surface area (Å²) in [6.45, 7) is 1.68. The van der Waals surface area contributed by atoms with E-state index >= 15 is 0 Å². The van der Waals surface area contributed by atoms with Crippen LogP contribution < -0.4 is 5.73 Å². The molecule has 0 aliphatic rings. The van der Waals surface area contributed by atoms with Gasteiger partial charge >= 0.3 is 0 Å². The van der Waals surface area contributed by atoms with Crippen molar-refractivity contribution in [1.29, 1.82) is 0 Å². The molecule has 1 heterocycles. The quantitative estimate of drug-likeness (QED) is 0.863. The number of rotatable bonds is 4. The molecule has 2 N–H and O–H groups in total. The lowest BCUT2D eigenvalue weighted by Gasteiger charge is -2.01. The first-order valence-corrected chi connectivity index (χ1v) is 6.12. The molecule has 0 bridgehead atoms. The van der Waals surface area contributed by atoms with Crippen LogP contribution in [0.1, 0.15) is 6.92 Å². The maximum atomic E-state index is 12.8. The lowest BCUT2D eigenvalue weighted by atomic mass is 10.2. The number of benzene rings is 1. The fraction of sp³-hybridized carbons (Fsp3) is 0.167. The maximum Gasteiger partial charge on any atom is 0.256 e. The fourth-order valence-electron chi connectivity index (χ4n) is 1.27. The van der Waals surface area contributed by atoms with Crippen molar-refractivity contribution in [2.75, 3.05) is 0 Å². The molecule has 6 heteroatoms. The van der Waals surface area contributed by atoms with Crippen molar-refractivity contribution in [3.63, 3.8) is 0 Å². The lowest BCUT2D eigenvalue weighted by molar-refractivity contribution is -0.117. The van der Waals surface area contributed by atoms with Gasteiger partial charge in [0.1, 0.15) is 5.82 Å². The molecule has 2 aromatic rings. The van der Waals surface area contributed by atoms with Crippen molar-refractivity contribution < 1.29 is 13.6 Å². The van der Waals surface area contributed by atoms with Gasteiger partial charge in [-0.25, -0.2) is 9.37 Å². The van der Waals surface area contributed by atoms with Crippen LogP contribution in [0.25, 0.3) is 11.3 Å². The van der Waals surface area contributed by atoms with E-state index in [1.807, 2.05) is 0 Å². The van der Waals surface area contributed by atoms with Gasteiger partial charge in [0.05, 0.1) is 11.4 Å². The molecule has 1 amide bonds. The van der Waals surface area contributed by atoms with Crippen LogP contribution in [0.2, 0.25) is 0 Å². The number of amides is 1. The third-order valence-corrected chi connectivity index (χ3v) is 3.27. The largest absolute Gasteiger partial charge is 0.431 e. The van der Waals surface area contributed by atoms with Gasteiger partial charge in [-0.3, -0.25) is 4.79 Å². The van der Waals surface area contributed by atoms with Gasteiger partial charge in [0.25, 0.3) is 5.22 Å². The summed E-state index contributed by atoms with van der Waals surface area (Å²) in [4.78, 5) is 14.9. The zero-order valence-electron chi connectivity index (χ0n) is 9.59. The van der Waals surface area contributed by atoms with E-state index in [-0.39, 0.29) is 5.82 Å². The van der Waals surface area contributed by atoms with E-state index in [0.29, 0.717) is 11.0 Å². The monoisotopic (exact) mass is 266 g/mol. The molecule has 0 aliphatic carbocycles. The highest BCUT2D eigenvalue weighted by Gasteiger charge is 2.15. The fourth-order valence-corrected chi connectivity index (χ4v) is 1.94. The van der Waals surface area contributed by atoms with Crippen molar-refractivity contribution in [1.82, 2.24) is 4.98 Å². The first-order valence-electron chi connectivity index (χ1n) is 5.24. The predicted molar refractivity (Wildman–Crippen MR) is 66.4 cm³/mol. The molecule has 1 aromatic heterocycles. The zero-order valence-corrected chi connectivity index (χ0v) is 10.4. The Kier molecular flexibility index (Phi) is 3.66. The number of oxazole rings is 1. The molecular formula is C12H11FN2O2S. The van der Waals surface area contributed by atoms with Crippen molar-refractivity contribution in [2.24, 2.45) is 5.73 Å². The molecule has 18 heavy (non-hydrogen) atoms. The summed E-state index contributed by atoms with van der Waals surface area (Å²) < 4.78 is 18.2. The summed E-state index contributed by atoms with van der Waals surface area (Å²) in [7, 11) is 0. The summed E-state index contributed by atoms with van der Waals surface area (Å²) in [5.41, 5.74) is 5.87. The van der Waals surface area contributed by atoms with Crippen LogP contribution >= 0.6 is 11.8 Å². The molecule has 0 aliphatic heterocycles. The lowest BCUT2D eigenvalue weighted by Crippen LogP contribution is -2.22. The van der Waals surface area contributed by atoms with Crippen molar-refractivity contribution >= 4 is 17.7 Å². The molecule has 0 fully saturated rings. The van der Waals surface area contributed by atoms with Crippen LogP contribution in [0.4, 0.5) is 4.39 Å². The topological polar surface area (TPSA) is 69.1 Å². The Morgan fingerprint density at radius 2 is 2.11 bits per heavy atom. The maximum absolute atomic E-state index is 12.8. The third kappa shape index (κ3) is 2.89. The van der Waals surface area contributed by atoms with Gasteiger partial charge in [-0.1, -0.05) is 11.8 Å². The minimum atomic E-state index is -0.429. The van der Waals surface area contributed by atoms with Gasteiger partial charge < -0.3 is 10.2 Å². The summed E-state index contributed by atoms with van der Waals surface area (Å²) in [5, 5.41) is -0.0506. The molecule has 0 spiro atoms. The first-order chi connectivity index (χ1) is 8.56. The average Bonchev–Trinajstić information content (AvgIpc) is 2.78. The SMILES string of the molecule is C[C@@H](Sc1ncc(-c2ccc(F)cc2)o1)C(N)=O. The Balaban J connectivity index is 2.15. The normalized spacial score (nSPS) is 12.3. The smallest absolute Gasteiger partial charge is 0.256 e. The number of aromatic nitrogens is 1. The molecular weight excluding hydrogens is 255 g/mol. The number of carbonyl (C=O) groups excluding carboxylic acids is 1. The van der Waals surface area contributed by atoms with Crippen LogP contribution in [0.5, 0.6) is 0 Å². The van der Waals surface area contributed by atoms with E-state index in [9.17, 15) is 9.18 Å². The Bertz CT molecular complexity index is 553. The molecule has 0 saturated carbocycles. The van der Waals surface area contributed by atoms with Crippen LogP contribution in [-0.4, -0.2) is 16.1 Å². The number of carbonyl (C=O) groups is 1. The highest BCUT2D eigenvalue weighted by atomic mass is 32.2. The molecule has 94 valence electrons. The van der Waals surface area contributed by atoms with E-state index in [0.717, 1.165) is 17.3 Å². The zero-order chi connectivity index (χ0) is 13.1. The highest BCUT2D eigenvalue weighted by molar-refractivity contribution is 8.00. The van der Waals surface area contributed by atoms with E-state index < -0.39 is 11.2 Å². The summed E-state index contributed by atoms with van der Waals surface area (Å²) >= 11 is 1.14. The number of nitrogens with zero attached hydrogens (tertiary/aromatic N) is 1. The van der Waals surface area contributed by atoms with Gasteiger partial charge in [-0.2, -0.15) is 0 Å². The van der Waals surface area contributed by atoms with Gasteiger partial charge in [0.2, 0.25) is 5.91 Å². The molecule has 1 aromatic carbocycles. The summed E-state index contributed by atoms with van der Waals surface area (Å²) in [6, 6.07) is 5.89. The first kappa shape index (κ1) is 12.6. The van der Waals surface area contributed by atoms with Crippen LogP contribution in [0.15, 0.2) is 40.1 Å². The number of nitrogens with two attached hydrogens (primary N) is 1. The minimum Gasteiger partial charge on any atom is -0.431 e. The van der Waals surface area contributed by atoms with E-state index in [1.165, 1.54) is 18.3 Å². The molecule has 0 saturated heterocycles. The Morgan fingerprint density at radius 1 is 1.44 bits per heavy atom. The van der Waals surface area contributed by atoms with Crippen LogP contribution in [0, 0.1) is 5.82 Å². The number of hydrogen-bond acceptors (Lipinski definition) is 4.